The summed E-state index contributed by atoms with van der Waals surface area (Å²) in [6.07, 6.45) is 3.62. The molecule has 1 saturated carbocycles. The maximum Gasteiger partial charge on any atom is 0.220 e. The molecule has 7 heteroatoms. The lowest BCUT2D eigenvalue weighted by Crippen LogP contribution is -2.38. The molecule has 0 bridgehead atoms. The van der Waals surface area contributed by atoms with Crippen molar-refractivity contribution in [1.29, 1.82) is 0 Å². The van der Waals surface area contributed by atoms with E-state index in [9.17, 15) is 4.79 Å². The largest absolute Gasteiger partial charge is 0.497 e. The lowest BCUT2D eigenvalue weighted by molar-refractivity contribution is -0.121. The third kappa shape index (κ3) is 8.94. The SMILES string of the molecule is CCNC(=NCc1ccc(OC)cc1)NCCCC(=O)NC1CC1.I. The van der Waals surface area contributed by atoms with Crippen LogP contribution < -0.4 is 20.7 Å². The quantitative estimate of drug-likeness (QED) is 0.229. The first kappa shape index (κ1) is 21.5. The van der Waals surface area contributed by atoms with Crippen LogP contribution in [0.25, 0.3) is 0 Å². The van der Waals surface area contributed by atoms with Gasteiger partial charge >= 0.3 is 0 Å². The number of benzene rings is 1. The van der Waals surface area contributed by atoms with Gasteiger partial charge in [0.15, 0.2) is 5.96 Å². The summed E-state index contributed by atoms with van der Waals surface area (Å²) in [5, 5.41) is 9.49. The third-order valence-corrected chi connectivity index (χ3v) is 3.74. The number of guanidine groups is 1. The van der Waals surface area contributed by atoms with Gasteiger partial charge in [-0.15, -0.1) is 24.0 Å². The number of rotatable bonds is 9. The standard InChI is InChI=1S/C18H28N4O2.HI/c1-3-19-18(20-12-4-5-17(23)22-15-8-9-15)21-13-14-6-10-16(24-2)11-7-14;/h6-7,10-11,15H,3-5,8-9,12-13H2,1-2H3,(H,22,23)(H2,19,20,21);1H. The molecule has 1 aromatic rings. The summed E-state index contributed by atoms with van der Waals surface area (Å²) in [6, 6.07) is 8.32. The number of hydrogen-bond donors (Lipinski definition) is 3. The van der Waals surface area contributed by atoms with Gasteiger partial charge < -0.3 is 20.7 Å². The summed E-state index contributed by atoms with van der Waals surface area (Å²) in [6.45, 7) is 4.16. The van der Waals surface area contributed by atoms with Crippen molar-refractivity contribution >= 4 is 35.8 Å². The molecule has 0 aliphatic heterocycles. The highest BCUT2D eigenvalue weighted by atomic mass is 127. The van der Waals surface area contributed by atoms with E-state index < -0.39 is 0 Å². The number of amides is 1. The molecule has 0 atom stereocenters. The van der Waals surface area contributed by atoms with Crippen LogP contribution in [0.4, 0.5) is 0 Å². The van der Waals surface area contributed by atoms with Gasteiger partial charge in [0.2, 0.25) is 5.91 Å². The summed E-state index contributed by atoms with van der Waals surface area (Å²) >= 11 is 0. The molecular weight excluding hydrogens is 431 g/mol. The second kappa shape index (κ2) is 11.9. The molecule has 6 nitrogen and oxygen atoms in total. The second-order valence-electron chi connectivity index (χ2n) is 5.92. The van der Waals surface area contributed by atoms with Crippen molar-refractivity contribution in [3.8, 4) is 5.75 Å². The van der Waals surface area contributed by atoms with Gasteiger partial charge in [-0.2, -0.15) is 0 Å². The Morgan fingerprint density at radius 2 is 1.96 bits per heavy atom. The Morgan fingerprint density at radius 1 is 1.24 bits per heavy atom. The van der Waals surface area contributed by atoms with Gasteiger partial charge in [0.05, 0.1) is 13.7 Å². The van der Waals surface area contributed by atoms with Crippen molar-refractivity contribution in [1.82, 2.24) is 16.0 Å². The first-order valence-corrected chi connectivity index (χ1v) is 8.65. The van der Waals surface area contributed by atoms with E-state index in [2.05, 4.69) is 20.9 Å². The van der Waals surface area contributed by atoms with E-state index in [0.29, 0.717) is 19.0 Å². The second-order valence-corrected chi connectivity index (χ2v) is 5.92. The molecule has 0 saturated heterocycles. The molecular formula is C18H29IN4O2. The molecule has 1 fully saturated rings. The van der Waals surface area contributed by atoms with Crippen LogP contribution in [0.5, 0.6) is 5.75 Å². The summed E-state index contributed by atoms with van der Waals surface area (Å²) in [5.41, 5.74) is 1.12. The smallest absolute Gasteiger partial charge is 0.220 e. The Kier molecular flexibility index (Phi) is 10.3. The zero-order chi connectivity index (χ0) is 17.2. The number of carbonyl (C=O) groups is 1. The molecule has 2 rings (SSSR count). The molecule has 3 N–H and O–H groups in total. The summed E-state index contributed by atoms with van der Waals surface area (Å²) in [4.78, 5) is 16.2. The third-order valence-electron chi connectivity index (χ3n) is 3.74. The predicted octanol–water partition coefficient (Wildman–Crippen LogP) is 2.43. The highest BCUT2D eigenvalue weighted by Gasteiger charge is 2.22. The first-order valence-electron chi connectivity index (χ1n) is 8.65. The highest BCUT2D eigenvalue weighted by Crippen LogP contribution is 2.18. The van der Waals surface area contributed by atoms with Crippen molar-refractivity contribution in [3.05, 3.63) is 29.8 Å². The monoisotopic (exact) mass is 460 g/mol. The molecule has 1 aliphatic carbocycles. The fourth-order valence-electron chi connectivity index (χ4n) is 2.23. The van der Waals surface area contributed by atoms with Crippen LogP contribution in [-0.2, 0) is 11.3 Å². The van der Waals surface area contributed by atoms with E-state index in [1.165, 1.54) is 0 Å². The van der Waals surface area contributed by atoms with E-state index in [-0.39, 0.29) is 29.9 Å². The zero-order valence-electron chi connectivity index (χ0n) is 15.0. The Morgan fingerprint density at radius 3 is 2.56 bits per heavy atom. The lowest BCUT2D eigenvalue weighted by atomic mass is 10.2. The molecule has 0 aromatic heterocycles. The number of nitrogens with one attached hydrogen (secondary N) is 3. The molecule has 25 heavy (non-hydrogen) atoms. The van der Waals surface area contributed by atoms with Gasteiger partial charge in [-0.05, 0) is 43.9 Å². The maximum atomic E-state index is 11.6. The maximum absolute atomic E-state index is 11.6. The predicted molar refractivity (Wildman–Crippen MR) is 112 cm³/mol. The fourth-order valence-corrected chi connectivity index (χ4v) is 2.23. The summed E-state index contributed by atoms with van der Waals surface area (Å²) < 4.78 is 5.15. The molecule has 0 unspecified atom stereocenters. The molecule has 0 heterocycles. The number of hydrogen-bond acceptors (Lipinski definition) is 3. The van der Waals surface area contributed by atoms with Crippen LogP contribution >= 0.6 is 24.0 Å². The van der Waals surface area contributed by atoms with E-state index in [4.69, 9.17) is 4.74 Å². The molecule has 1 aliphatic rings. The number of halogens is 1. The van der Waals surface area contributed by atoms with Gasteiger partial charge in [0, 0.05) is 25.6 Å². The molecule has 1 amide bonds. The van der Waals surface area contributed by atoms with Crippen molar-refractivity contribution in [2.45, 2.75) is 45.2 Å². The van der Waals surface area contributed by atoms with Gasteiger partial charge in [0.25, 0.3) is 0 Å². The van der Waals surface area contributed by atoms with Crippen LogP contribution in [0.1, 0.15) is 38.2 Å². The number of ether oxygens (including phenoxy) is 1. The van der Waals surface area contributed by atoms with Crippen LogP contribution in [0, 0.1) is 0 Å². The van der Waals surface area contributed by atoms with Crippen molar-refractivity contribution in [2.24, 2.45) is 4.99 Å². The number of methoxy groups -OCH3 is 1. The van der Waals surface area contributed by atoms with E-state index in [0.717, 1.165) is 49.6 Å². The fraction of sp³-hybridized carbons (Fsp3) is 0.556. The average Bonchev–Trinajstić information content (AvgIpc) is 3.40. The Bertz CT molecular complexity index is 545. The number of carbonyl (C=O) groups excluding carboxylic acids is 1. The van der Waals surface area contributed by atoms with E-state index in [1.54, 1.807) is 7.11 Å². The van der Waals surface area contributed by atoms with Crippen molar-refractivity contribution < 1.29 is 9.53 Å². The summed E-state index contributed by atoms with van der Waals surface area (Å²) in [5.74, 6) is 1.77. The molecule has 140 valence electrons. The van der Waals surface area contributed by atoms with Gasteiger partial charge in [-0.1, -0.05) is 12.1 Å². The highest BCUT2D eigenvalue weighted by molar-refractivity contribution is 14.0. The number of aliphatic imine (C=N–C) groups is 1. The van der Waals surface area contributed by atoms with E-state index >= 15 is 0 Å². The lowest BCUT2D eigenvalue weighted by Gasteiger charge is -2.11. The van der Waals surface area contributed by atoms with Crippen LogP contribution in [0.2, 0.25) is 0 Å². The zero-order valence-corrected chi connectivity index (χ0v) is 17.3. The minimum atomic E-state index is 0. The average molecular weight is 460 g/mol. The van der Waals surface area contributed by atoms with Crippen LogP contribution in [0.3, 0.4) is 0 Å². The van der Waals surface area contributed by atoms with Crippen molar-refractivity contribution in [3.63, 3.8) is 0 Å². The van der Waals surface area contributed by atoms with Gasteiger partial charge in [-0.25, -0.2) is 4.99 Å². The Balaban J connectivity index is 0.00000312. The summed E-state index contributed by atoms with van der Waals surface area (Å²) in [7, 11) is 1.66. The molecule has 1 aromatic carbocycles. The molecule has 0 radical (unpaired) electrons. The minimum absolute atomic E-state index is 0. The first-order chi connectivity index (χ1) is 11.7. The number of nitrogens with zero attached hydrogens (tertiary/aromatic N) is 1. The topological polar surface area (TPSA) is 74.8 Å². The van der Waals surface area contributed by atoms with E-state index in [1.807, 2.05) is 31.2 Å². The normalized spacial score (nSPS) is 13.6. The van der Waals surface area contributed by atoms with Gasteiger partial charge in [0.1, 0.15) is 5.75 Å². The van der Waals surface area contributed by atoms with Crippen LogP contribution in [-0.4, -0.2) is 38.1 Å². The van der Waals surface area contributed by atoms with Crippen molar-refractivity contribution in [2.75, 3.05) is 20.2 Å². The van der Waals surface area contributed by atoms with Gasteiger partial charge in [-0.3, -0.25) is 4.79 Å². The van der Waals surface area contributed by atoms with Crippen LogP contribution in [0.15, 0.2) is 29.3 Å². The Labute approximate surface area is 167 Å². The minimum Gasteiger partial charge on any atom is -0.497 e. The molecule has 0 spiro atoms. The Hall–Kier alpha value is -1.51.